The second-order valence-electron chi connectivity index (χ2n) is 7.10. The van der Waals surface area contributed by atoms with Crippen LogP contribution in [0.25, 0.3) is 22.0 Å². The maximum Gasteiger partial charge on any atom is 0.258 e. The summed E-state index contributed by atoms with van der Waals surface area (Å²) in [6.45, 7) is 1.95. The molecule has 0 amide bonds. The molecule has 9 heteroatoms. The van der Waals surface area contributed by atoms with Crippen molar-refractivity contribution in [1.82, 2.24) is 24.1 Å². The number of benzene rings is 1. The van der Waals surface area contributed by atoms with Crippen LogP contribution >= 0.6 is 23.1 Å². The summed E-state index contributed by atoms with van der Waals surface area (Å²) in [6, 6.07) is 17.2. The summed E-state index contributed by atoms with van der Waals surface area (Å²) in [5, 5.41) is 11.6. The van der Waals surface area contributed by atoms with E-state index in [0.717, 1.165) is 27.7 Å². The Labute approximate surface area is 192 Å². The molecule has 0 spiro atoms. The number of thioether (sulfide) groups is 1. The normalized spacial score (nSPS) is 11.2. The number of hydrogen-bond donors (Lipinski definition) is 0. The largest absolute Gasteiger partial charge is 0.495 e. The Balaban J connectivity index is 1.54. The Bertz CT molecular complexity index is 1460. The second-order valence-corrected chi connectivity index (χ2v) is 8.99. The number of pyridine rings is 1. The third kappa shape index (κ3) is 3.80. The highest BCUT2D eigenvalue weighted by Crippen LogP contribution is 2.34. The first kappa shape index (κ1) is 20.5. The molecule has 0 fully saturated rings. The fourth-order valence-corrected chi connectivity index (χ4v) is 4.97. The van der Waals surface area contributed by atoms with Gasteiger partial charge in [-0.05, 0) is 42.1 Å². The number of rotatable bonds is 6. The first-order chi connectivity index (χ1) is 15.6. The lowest BCUT2D eigenvalue weighted by Gasteiger charge is -2.13. The second kappa shape index (κ2) is 8.60. The molecule has 0 bridgehead atoms. The van der Waals surface area contributed by atoms with Crippen LogP contribution in [0.5, 0.6) is 5.75 Å². The molecule has 0 aliphatic carbocycles. The third-order valence-corrected chi connectivity index (χ3v) is 6.74. The van der Waals surface area contributed by atoms with Crippen LogP contribution in [0.1, 0.15) is 11.3 Å². The van der Waals surface area contributed by atoms with E-state index >= 15 is 0 Å². The van der Waals surface area contributed by atoms with Gasteiger partial charge in [0.15, 0.2) is 11.0 Å². The smallest absolute Gasteiger partial charge is 0.258 e. The lowest BCUT2D eigenvalue weighted by atomic mass is 10.3. The quantitative estimate of drug-likeness (QED) is 0.344. The van der Waals surface area contributed by atoms with Crippen molar-refractivity contribution < 1.29 is 4.74 Å². The number of methoxy groups -OCH3 is 1. The Hall–Kier alpha value is -3.43. The van der Waals surface area contributed by atoms with Crippen molar-refractivity contribution in [2.75, 3.05) is 7.11 Å². The molecule has 0 aliphatic heterocycles. The predicted molar refractivity (Wildman–Crippen MR) is 127 cm³/mol. The Kier molecular flexibility index (Phi) is 5.50. The van der Waals surface area contributed by atoms with Crippen molar-refractivity contribution >= 4 is 28.7 Å². The van der Waals surface area contributed by atoms with Gasteiger partial charge < -0.3 is 4.74 Å². The topological polar surface area (TPSA) is 74.3 Å². The van der Waals surface area contributed by atoms with E-state index in [9.17, 15) is 4.79 Å². The van der Waals surface area contributed by atoms with Gasteiger partial charge in [0.25, 0.3) is 5.56 Å². The van der Waals surface area contributed by atoms with Gasteiger partial charge in [-0.1, -0.05) is 36.0 Å². The monoisotopic (exact) mass is 461 g/mol. The molecule has 4 heterocycles. The van der Waals surface area contributed by atoms with E-state index in [-0.39, 0.29) is 5.56 Å². The standard InChI is InChI=1S/C23H19N5O2S2/c1-15-9-10-20-24-16(12-21(29)27(20)13-15)14-32-23-26-25-22(19-8-5-11-31-19)28(23)17-6-3-4-7-18(17)30-2/h3-13H,14H2,1-2H3. The number of aryl methyl sites for hydroxylation is 1. The maximum absolute atomic E-state index is 12.6. The molecular formula is C23H19N5O2S2. The summed E-state index contributed by atoms with van der Waals surface area (Å²) in [5.41, 5.74) is 3.09. The molecule has 5 rings (SSSR count). The summed E-state index contributed by atoms with van der Waals surface area (Å²) in [4.78, 5) is 18.2. The molecule has 160 valence electrons. The zero-order valence-corrected chi connectivity index (χ0v) is 19.1. The van der Waals surface area contributed by atoms with Gasteiger partial charge >= 0.3 is 0 Å². The van der Waals surface area contributed by atoms with Crippen molar-refractivity contribution in [3.63, 3.8) is 0 Å². The van der Waals surface area contributed by atoms with Crippen LogP contribution in [-0.4, -0.2) is 31.3 Å². The number of nitrogens with zero attached hydrogens (tertiary/aromatic N) is 5. The number of aromatic nitrogens is 5. The van der Waals surface area contributed by atoms with E-state index in [2.05, 4.69) is 15.2 Å². The maximum atomic E-state index is 12.6. The average Bonchev–Trinajstić information content (AvgIpc) is 3.48. The van der Waals surface area contributed by atoms with Gasteiger partial charge in [-0.3, -0.25) is 13.8 Å². The van der Waals surface area contributed by atoms with Crippen molar-refractivity contribution in [2.24, 2.45) is 0 Å². The minimum atomic E-state index is -0.0974. The van der Waals surface area contributed by atoms with E-state index in [1.807, 2.05) is 65.4 Å². The Morgan fingerprint density at radius 1 is 1.09 bits per heavy atom. The van der Waals surface area contributed by atoms with Crippen molar-refractivity contribution in [3.05, 3.63) is 87.8 Å². The Morgan fingerprint density at radius 3 is 2.78 bits per heavy atom. The van der Waals surface area contributed by atoms with E-state index in [4.69, 9.17) is 4.74 Å². The average molecular weight is 462 g/mol. The first-order valence-corrected chi connectivity index (χ1v) is 11.7. The van der Waals surface area contributed by atoms with E-state index in [1.165, 1.54) is 11.8 Å². The van der Waals surface area contributed by atoms with Gasteiger partial charge in [0.1, 0.15) is 11.4 Å². The zero-order valence-electron chi connectivity index (χ0n) is 17.4. The number of thiophene rings is 1. The summed E-state index contributed by atoms with van der Waals surface area (Å²) >= 11 is 3.08. The van der Waals surface area contributed by atoms with Gasteiger partial charge in [-0.2, -0.15) is 0 Å². The molecule has 4 aromatic heterocycles. The molecular weight excluding hydrogens is 442 g/mol. The van der Waals surface area contributed by atoms with Gasteiger partial charge in [0.05, 0.1) is 23.4 Å². The van der Waals surface area contributed by atoms with Crippen molar-refractivity contribution in [3.8, 4) is 22.1 Å². The van der Waals surface area contributed by atoms with Gasteiger partial charge in [-0.15, -0.1) is 21.5 Å². The van der Waals surface area contributed by atoms with Gasteiger partial charge in [-0.25, -0.2) is 4.98 Å². The molecule has 32 heavy (non-hydrogen) atoms. The summed E-state index contributed by atoms with van der Waals surface area (Å²) in [6.07, 6.45) is 1.80. The molecule has 0 aliphatic rings. The molecule has 0 saturated carbocycles. The Morgan fingerprint density at radius 2 is 1.97 bits per heavy atom. The van der Waals surface area contributed by atoms with E-state index < -0.39 is 0 Å². The van der Waals surface area contributed by atoms with Crippen LogP contribution < -0.4 is 10.3 Å². The van der Waals surface area contributed by atoms with Crippen LogP contribution in [0.15, 0.2) is 76.1 Å². The highest BCUT2D eigenvalue weighted by molar-refractivity contribution is 7.98. The van der Waals surface area contributed by atoms with E-state index in [0.29, 0.717) is 22.3 Å². The lowest BCUT2D eigenvalue weighted by molar-refractivity contribution is 0.412. The number of hydrogen-bond acceptors (Lipinski definition) is 7. The fourth-order valence-electron chi connectivity index (χ4n) is 3.43. The van der Waals surface area contributed by atoms with Crippen LogP contribution in [0, 0.1) is 6.92 Å². The first-order valence-electron chi connectivity index (χ1n) is 9.88. The molecule has 0 N–H and O–H groups in total. The number of ether oxygens (including phenoxy) is 1. The van der Waals surface area contributed by atoms with Crippen LogP contribution in [0.3, 0.4) is 0 Å². The van der Waals surface area contributed by atoms with E-state index in [1.54, 1.807) is 35.1 Å². The molecule has 0 saturated heterocycles. The van der Waals surface area contributed by atoms with Crippen LogP contribution in [-0.2, 0) is 5.75 Å². The van der Waals surface area contributed by atoms with Gasteiger partial charge in [0, 0.05) is 18.0 Å². The summed E-state index contributed by atoms with van der Waals surface area (Å²) < 4.78 is 9.15. The molecule has 0 radical (unpaired) electrons. The van der Waals surface area contributed by atoms with Crippen LogP contribution in [0.4, 0.5) is 0 Å². The number of fused-ring (bicyclic) bond motifs is 1. The summed E-state index contributed by atoms with van der Waals surface area (Å²) in [5.74, 6) is 1.95. The zero-order chi connectivity index (χ0) is 22.1. The summed E-state index contributed by atoms with van der Waals surface area (Å²) in [7, 11) is 1.65. The highest BCUT2D eigenvalue weighted by Gasteiger charge is 2.19. The van der Waals surface area contributed by atoms with Gasteiger partial charge in [0.2, 0.25) is 0 Å². The highest BCUT2D eigenvalue weighted by atomic mass is 32.2. The van der Waals surface area contributed by atoms with Crippen LogP contribution in [0.2, 0.25) is 0 Å². The fraction of sp³-hybridized carbons (Fsp3) is 0.130. The number of para-hydroxylation sites is 2. The van der Waals surface area contributed by atoms with Crippen molar-refractivity contribution in [1.29, 1.82) is 0 Å². The molecule has 5 aromatic rings. The minimum Gasteiger partial charge on any atom is -0.495 e. The minimum absolute atomic E-state index is 0.0974. The lowest BCUT2D eigenvalue weighted by Crippen LogP contribution is -2.15. The third-order valence-electron chi connectivity index (χ3n) is 4.91. The molecule has 1 aromatic carbocycles. The molecule has 7 nitrogen and oxygen atoms in total. The van der Waals surface area contributed by atoms with Crippen molar-refractivity contribution in [2.45, 2.75) is 17.8 Å². The molecule has 0 atom stereocenters. The SMILES string of the molecule is COc1ccccc1-n1c(SCc2cc(=O)n3cc(C)ccc3n2)nnc1-c1cccs1. The predicted octanol–water partition coefficient (Wildman–Crippen LogP) is 4.61. The molecule has 0 unspecified atom stereocenters.